The first-order valence-corrected chi connectivity index (χ1v) is 6.44. The first-order chi connectivity index (χ1) is 9.49. The highest BCUT2D eigenvalue weighted by molar-refractivity contribution is 6.06. The molecule has 0 aliphatic heterocycles. The van der Waals surface area contributed by atoms with Crippen LogP contribution in [0.4, 0.5) is 0 Å². The fourth-order valence-electron chi connectivity index (χ4n) is 2.07. The normalized spacial score (nSPS) is 12.6. The highest BCUT2D eigenvalue weighted by Gasteiger charge is 2.23. The maximum Gasteiger partial charge on any atom is 0.326 e. The number of rotatable bonds is 5. The van der Waals surface area contributed by atoms with Crippen LogP contribution in [0.2, 0.25) is 0 Å². The van der Waals surface area contributed by atoms with Gasteiger partial charge in [0.1, 0.15) is 11.7 Å². The van der Waals surface area contributed by atoms with Gasteiger partial charge in [-0.05, 0) is 24.5 Å². The monoisotopic (exact) mass is 275 g/mol. The number of carboxylic acids is 1. The van der Waals surface area contributed by atoms with Crippen LogP contribution in [0.15, 0.2) is 24.5 Å². The number of carbonyl (C=O) groups excluding carboxylic acids is 1. The molecule has 6 heteroatoms. The van der Waals surface area contributed by atoms with Gasteiger partial charge >= 0.3 is 5.97 Å². The van der Waals surface area contributed by atoms with Crippen molar-refractivity contribution in [1.82, 2.24) is 15.3 Å². The summed E-state index contributed by atoms with van der Waals surface area (Å²) in [6.45, 7) is 3.83. The van der Waals surface area contributed by atoms with Crippen molar-refractivity contribution >= 4 is 22.9 Å². The van der Waals surface area contributed by atoms with Gasteiger partial charge in [-0.25, -0.2) is 9.78 Å². The Morgan fingerprint density at radius 2 is 2.20 bits per heavy atom. The minimum absolute atomic E-state index is 0.182. The predicted octanol–water partition coefficient (Wildman–Crippen LogP) is 1.79. The van der Waals surface area contributed by atoms with Crippen molar-refractivity contribution in [2.75, 3.05) is 0 Å². The molecule has 3 N–H and O–H groups in total. The molecule has 0 aliphatic rings. The summed E-state index contributed by atoms with van der Waals surface area (Å²) < 4.78 is 0. The first-order valence-electron chi connectivity index (χ1n) is 6.44. The Balaban J connectivity index is 2.20. The minimum Gasteiger partial charge on any atom is -0.480 e. The van der Waals surface area contributed by atoms with Crippen LogP contribution >= 0.6 is 0 Å². The third kappa shape index (κ3) is 2.96. The molecule has 0 radical (unpaired) electrons. The average Bonchev–Trinajstić information content (AvgIpc) is 2.81. The fraction of sp³-hybridized carbons (Fsp3) is 0.357. The summed E-state index contributed by atoms with van der Waals surface area (Å²) >= 11 is 0. The van der Waals surface area contributed by atoms with Crippen LogP contribution in [-0.2, 0) is 4.79 Å². The highest BCUT2D eigenvalue weighted by Crippen LogP contribution is 2.16. The number of fused-ring (bicyclic) bond motifs is 1. The van der Waals surface area contributed by atoms with E-state index in [9.17, 15) is 9.59 Å². The Morgan fingerprint density at radius 3 is 2.85 bits per heavy atom. The van der Waals surface area contributed by atoms with E-state index in [4.69, 9.17) is 5.11 Å². The van der Waals surface area contributed by atoms with Gasteiger partial charge < -0.3 is 15.4 Å². The van der Waals surface area contributed by atoms with Gasteiger partial charge in [-0.3, -0.25) is 4.79 Å². The van der Waals surface area contributed by atoms with Gasteiger partial charge in [-0.15, -0.1) is 0 Å². The minimum atomic E-state index is -1.02. The van der Waals surface area contributed by atoms with Crippen molar-refractivity contribution in [2.45, 2.75) is 26.3 Å². The summed E-state index contributed by atoms with van der Waals surface area (Å²) in [4.78, 5) is 30.4. The number of carbonyl (C=O) groups is 2. The van der Waals surface area contributed by atoms with E-state index in [0.717, 1.165) is 0 Å². The van der Waals surface area contributed by atoms with Crippen molar-refractivity contribution in [2.24, 2.45) is 5.92 Å². The molecule has 0 saturated heterocycles. The molecule has 0 saturated carbocycles. The number of aromatic amines is 1. The van der Waals surface area contributed by atoms with E-state index in [0.29, 0.717) is 23.0 Å². The molecule has 2 aromatic heterocycles. The van der Waals surface area contributed by atoms with E-state index >= 15 is 0 Å². The van der Waals surface area contributed by atoms with Crippen LogP contribution in [0.3, 0.4) is 0 Å². The molecule has 0 unspecified atom stereocenters. The van der Waals surface area contributed by atoms with Gasteiger partial charge in [0.05, 0.1) is 5.56 Å². The number of aliphatic carboxylic acids is 1. The lowest BCUT2D eigenvalue weighted by Gasteiger charge is -2.16. The lowest BCUT2D eigenvalue weighted by Crippen LogP contribution is -2.41. The Bertz CT molecular complexity index is 633. The van der Waals surface area contributed by atoms with Crippen LogP contribution in [-0.4, -0.2) is 33.0 Å². The largest absolute Gasteiger partial charge is 0.480 e. The maximum absolute atomic E-state index is 12.2. The van der Waals surface area contributed by atoms with Gasteiger partial charge in [-0.2, -0.15) is 0 Å². The molecule has 0 spiro atoms. The second-order valence-electron chi connectivity index (χ2n) is 5.10. The highest BCUT2D eigenvalue weighted by atomic mass is 16.4. The van der Waals surface area contributed by atoms with Crippen molar-refractivity contribution in [1.29, 1.82) is 0 Å². The number of amides is 1. The number of nitrogens with one attached hydrogen (secondary N) is 2. The second kappa shape index (κ2) is 5.73. The van der Waals surface area contributed by atoms with Crippen molar-refractivity contribution in [3.8, 4) is 0 Å². The Hall–Kier alpha value is -2.37. The Morgan fingerprint density at radius 1 is 1.45 bits per heavy atom. The quantitative estimate of drug-likeness (QED) is 0.775. The lowest BCUT2D eigenvalue weighted by atomic mass is 10.0. The summed E-state index contributed by atoms with van der Waals surface area (Å²) in [6.07, 6.45) is 3.56. The third-order valence-corrected chi connectivity index (χ3v) is 3.01. The average molecular weight is 275 g/mol. The van der Waals surface area contributed by atoms with Crippen molar-refractivity contribution < 1.29 is 14.7 Å². The molecule has 20 heavy (non-hydrogen) atoms. The fourth-order valence-corrected chi connectivity index (χ4v) is 2.07. The first kappa shape index (κ1) is 14.0. The van der Waals surface area contributed by atoms with Gasteiger partial charge in [0.25, 0.3) is 5.91 Å². The van der Waals surface area contributed by atoms with Gasteiger partial charge in [0.15, 0.2) is 0 Å². The van der Waals surface area contributed by atoms with Crippen LogP contribution in [0, 0.1) is 5.92 Å². The van der Waals surface area contributed by atoms with E-state index in [1.54, 1.807) is 24.5 Å². The molecule has 2 heterocycles. The smallest absolute Gasteiger partial charge is 0.326 e. The van der Waals surface area contributed by atoms with E-state index < -0.39 is 17.9 Å². The third-order valence-electron chi connectivity index (χ3n) is 3.01. The number of nitrogens with zero attached hydrogens (tertiary/aromatic N) is 1. The molecule has 2 aromatic rings. The summed E-state index contributed by atoms with van der Waals surface area (Å²) in [5.41, 5.74) is 1.01. The summed E-state index contributed by atoms with van der Waals surface area (Å²) in [5, 5.41) is 12.4. The number of aromatic nitrogens is 2. The maximum atomic E-state index is 12.2. The van der Waals surface area contributed by atoms with E-state index in [-0.39, 0.29) is 5.92 Å². The van der Waals surface area contributed by atoms with Crippen LogP contribution in [0.25, 0.3) is 11.0 Å². The van der Waals surface area contributed by atoms with Crippen LogP contribution in [0.5, 0.6) is 0 Å². The summed E-state index contributed by atoms with van der Waals surface area (Å²) in [7, 11) is 0. The molecular weight excluding hydrogens is 258 g/mol. The van der Waals surface area contributed by atoms with Crippen LogP contribution in [0.1, 0.15) is 30.6 Å². The molecular formula is C14H17N3O3. The van der Waals surface area contributed by atoms with Gasteiger partial charge in [0.2, 0.25) is 0 Å². The molecule has 0 fully saturated rings. The SMILES string of the molecule is CC(C)C[C@@H](NC(=O)c1c[nH]c2ncccc12)C(=O)O. The Labute approximate surface area is 116 Å². The molecule has 0 aromatic carbocycles. The molecule has 1 atom stereocenters. The number of hydrogen-bond acceptors (Lipinski definition) is 3. The van der Waals surface area contributed by atoms with Crippen molar-refractivity contribution in [3.63, 3.8) is 0 Å². The number of H-pyrrole nitrogens is 1. The molecule has 1 amide bonds. The van der Waals surface area contributed by atoms with E-state index in [2.05, 4.69) is 15.3 Å². The molecule has 106 valence electrons. The lowest BCUT2D eigenvalue weighted by molar-refractivity contribution is -0.139. The van der Waals surface area contributed by atoms with Gasteiger partial charge in [-0.1, -0.05) is 13.8 Å². The van der Waals surface area contributed by atoms with Gasteiger partial charge in [0, 0.05) is 17.8 Å². The molecule has 0 aliphatic carbocycles. The molecule has 6 nitrogen and oxygen atoms in total. The predicted molar refractivity (Wildman–Crippen MR) is 74.4 cm³/mol. The van der Waals surface area contributed by atoms with Crippen molar-refractivity contribution in [3.05, 3.63) is 30.1 Å². The van der Waals surface area contributed by atoms with E-state index in [1.165, 1.54) is 0 Å². The zero-order chi connectivity index (χ0) is 14.7. The van der Waals surface area contributed by atoms with E-state index in [1.807, 2.05) is 13.8 Å². The van der Waals surface area contributed by atoms with Crippen LogP contribution < -0.4 is 5.32 Å². The summed E-state index contributed by atoms with van der Waals surface area (Å²) in [5.74, 6) is -1.25. The standard InChI is InChI=1S/C14H17N3O3/c1-8(2)6-11(14(19)20)17-13(18)10-7-16-12-9(10)4-3-5-15-12/h3-5,7-8,11H,6H2,1-2H3,(H,15,16)(H,17,18)(H,19,20)/t11-/m1/s1. The zero-order valence-corrected chi connectivity index (χ0v) is 11.4. The zero-order valence-electron chi connectivity index (χ0n) is 11.4. The number of hydrogen-bond donors (Lipinski definition) is 3. The number of carboxylic acid groups (broad SMARTS) is 1. The molecule has 0 bridgehead atoms. The molecule has 2 rings (SSSR count). The number of pyridine rings is 1. The Kier molecular flexibility index (Phi) is 4.02. The second-order valence-corrected chi connectivity index (χ2v) is 5.10. The topological polar surface area (TPSA) is 95.1 Å². The summed E-state index contributed by atoms with van der Waals surface area (Å²) in [6, 6.07) is 2.62.